The van der Waals surface area contributed by atoms with Crippen LogP contribution in [-0.2, 0) is 56.9 Å². The number of carbonyl (C=O) groups excluding carboxylic acids is 1. The molecule has 0 saturated heterocycles. The maximum Gasteiger partial charge on any atom is 0.475 e. The van der Waals surface area contributed by atoms with E-state index in [1.165, 1.54) is 27.7 Å². The summed E-state index contributed by atoms with van der Waals surface area (Å²) in [6.07, 6.45) is 0.0400. The molecule has 0 amide bonds. The lowest BCUT2D eigenvalue weighted by atomic mass is 9.91. The second-order valence-electron chi connectivity index (χ2n) is 9.51. The third-order valence-corrected chi connectivity index (χ3v) is 10.8. The van der Waals surface area contributed by atoms with Crippen molar-refractivity contribution < 1.29 is 74.7 Å². The van der Waals surface area contributed by atoms with Gasteiger partial charge in [0, 0.05) is 23.6 Å². The molecule has 24 heteroatoms. The number of aromatic nitrogens is 2. The Balaban J connectivity index is 2.43. The average molecular weight is 779 g/mol. The Hall–Kier alpha value is -2.33. The van der Waals surface area contributed by atoms with Gasteiger partial charge in [0.1, 0.15) is 12.2 Å². The molecular formula is C25H40N4O16P2S2. The zero-order chi connectivity index (χ0) is 37.0. The summed E-state index contributed by atoms with van der Waals surface area (Å²) in [5.41, 5.74) is 6.80. The topological polar surface area (TPSA) is 295 Å². The van der Waals surface area contributed by atoms with Crippen molar-refractivity contribution in [2.45, 2.75) is 51.0 Å². The molecule has 20 nitrogen and oxygen atoms in total. The molecule has 6 N–H and O–H groups in total. The minimum atomic E-state index is -4.29. The van der Waals surface area contributed by atoms with Crippen LogP contribution in [0.5, 0.6) is 5.88 Å². The quantitative estimate of drug-likeness (QED) is 0.0878. The highest BCUT2D eigenvalue weighted by atomic mass is 32.2. The largest absolute Gasteiger partial charge is 0.479 e. The monoisotopic (exact) mass is 778 g/mol. The molecule has 4 atom stereocenters. The number of nitrogens with two attached hydrogens (primary N) is 2. The first-order valence-electron chi connectivity index (χ1n) is 14.4. The van der Waals surface area contributed by atoms with E-state index in [1.807, 2.05) is 0 Å². The Morgan fingerprint density at radius 1 is 0.776 bits per heavy atom. The summed E-state index contributed by atoms with van der Waals surface area (Å²) in [6.45, 7) is 5.71. The minimum absolute atomic E-state index is 0.0928. The Labute approximate surface area is 289 Å². The molecule has 0 aliphatic rings. The van der Waals surface area contributed by atoms with Crippen LogP contribution >= 0.6 is 39.2 Å². The summed E-state index contributed by atoms with van der Waals surface area (Å²) < 4.78 is 73.1. The van der Waals surface area contributed by atoms with Gasteiger partial charge in [0.05, 0.1) is 26.4 Å². The van der Waals surface area contributed by atoms with E-state index in [-0.39, 0.29) is 37.9 Å². The molecule has 0 aromatic carbocycles. The van der Waals surface area contributed by atoms with Crippen LogP contribution in [0.25, 0.3) is 0 Å². The van der Waals surface area contributed by atoms with Crippen molar-refractivity contribution in [2.75, 3.05) is 50.4 Å². The lowest BCUT2D eigenvalue weighted by molar-refractivity contribution is -0.150. The van der Waals surface area contributed by atoms with Crippen LogP contribution < -0.4 is 16.2 Å². The number of hydrogen-bond donors (Lipinski definition) is 4. The molecule has 0 radical (unpaired) electrons. The predicted molar refractivity (Wildman–Crippen MR) is 173 cm³/mol. The van der Waals surface area contributed by atoms with Gasteiger partial charge in [-0.15, -0.1) is 0 Å². The van der Waals surface area contributed by atoms with Crippen molar-refractivity contribution in [1.82, 2.24) is 10.3 Å². The van der Waals surface area contributed by atoms with E-state index >= 15 is 0 Å². The third-order valence-electron chi connectivity index (χ3n) is 6.24. The van der Waals surface area contributed by atoms with Crippen LogP contribution in [0, 0.1) is 0 Å². The Kier molecular flexibility index (Phi) is 16.4. The van der Waals surface area contributed by atoms with E-state index in [0.717, 1.165) is 35.7 Å². The van der Waals surface area contributed by atoms with E-state index in [0.29, 0.717) is 0 Å². The highest BCUT2D eigenvalue weighted by Crippen LogP contribution is 2.53. The molecule has 49 heavy (non-hydrogen) atoms. The van der Waals surface area contributed by atoms with E-state index < -0.39 is 79.9 Å². The fourth-order valence-corrected chi connectivity index (χ4v) is 8.18. The predicted octanol–water partition coefficient (Wildman–Crippen LogP) is 3.22. The highest BCUT2D eigenvalue weighted by Gasteiger charge is 2.53. The SMILES string of the molecule is CCOP(=O)(OCC)OC(CSC)C(N)(C(=O)O)c1cc(OC(=O)c2cc(C(N)(C(=O)O)C(CSC)OP(=O)(OCC)OCC)on2)no1. The maximum absolute atomic E-state index is 13.1. The van der Waals surface area contributed by atoms with Gasteiger partial charge in [0.15, 0.2) is 17.2 Å². The molecule has 2 aromatic rings. The molecule has 2 rings (SSSR count). The van der Waals surface area contributed by atoms with E-state index in [1.54, 1.807) is 12.5 Å². The summed E-state index contributed by atoms with van der Waals surface area (Å²) >= 11 is 2.19. The Morgan fingerprint density at radius 3 is 1.53 bits per heavy atom. The Morgan fingerprint density at radius 2 is 1.16 bits per heavy atom. The van der Waals surface area contributed by atoms with Crippen molar-refractivity contribution in [3.05, 3.63) is 29.3 Å². The standard InChI is InChI=1S/C25H40N4O16P2S2/c1-7-37-46(35,38-8-2)44-18(13-48-5)24(26,22(31)32)16-11-15(28-42-16)21(30)41-20-12-17(43-29-20)25(27,23(33)34)19(14-49-6)45-47(36,39-9-3)40-10-4/h11-12,18-19H,7-10,13-14,26-27H2,1-6H3,(H,31,32)(H,33,34). The summed E-state index contributed by atoms with van der Waals surface area (Å²) in [4.78, 5) is 38.0. The number of carbonyl (C=O) groups is 3. The normalized spacial score (nSPS) is 16.0. The third kappa shape index (κ3) is 10.4. The van der Waals surface area contributed by atoms with Crippen LogP contribution in [-0.4, -0.2) is 101 Å². The minimum Gasteiger partial charge on any atom is -0.479 e. The number of phosphoric ester groups is 2. The molecule has 0 aliphatic heterocycles. The smallest absolute Gasteiger partial charge is 0.475 e. The molecule has 0 spiro atoms. The number of carboxylic acid groups (broad SMARTS) is 2. The van der Waals surface area contributed by atoms with Gasteiger partial charge in [0.25, 0.3) is 5.88 Å². The second-order valence-corrected chi connectivity index (χ2v) is 14.6. The molecule has 0 fully saturated rings. The number of ether oxygens (including phenoxy) is 1. The summed E-state index contributed by atoms with van der Waals surface area (Å²) in [5.74, 6) is -6.71. The van der Waals surface area contributed by atoms with E-state index in [4.69, 9.17) is 52.4 Å². The van der Waals surface area contributed by atoms with Crippen molar-refractivity contribution in [3.63, 3.8) is 0 Å². The lowest BCUT2D eigenvalue weighted by Crippen LogP contribution is -2.56. The highest BCUT2D eigenvalue weighted by molar-refractivity contribution is 7.98. The number of thioether (sulfide) groups is 2. The average Bonchev–Trinajstić information content (AvgIpc) is 3.71. The van der Waals surface area contributed by atoms with Gasteiger partial charge in [-0.05, 0) is 45.4 Å². The van der Waals surface area contributed by atoms with Crippen molar-refractivity contribution in [3.8, 4) is 5.88 Å². The summed E-state index contributed by atoms with van der Waals surface area (Å²) in [6, 6.07) is 1.73. The van der Waals surface area contributed by atoms with Crippen molar-refractivity contribution >= 4 is 57.1 Å². The number of aliphatic carboxylic acids is 2. The molecule has 0 saturated carbocycles. The van der Waals surface area contributed by atoms with Gasteiger partial charge in [-0.25, -0.2) is 23.5 Å². The van der Waals surface area contributed by atoms with Crippen molar-refractivity contribution in [2.24, 2.45) is 11.5 Å². The lowest BCUT2D eigenvalue weighted by Gasteiger charge is -2.32. The summed E-state index contributed by atoms with van der Waals surface area (Å²) in [7, 11) is -8.57. The molecule has 278 valence electrons. The zero-order valence-electron chi connectivity index (χ0n) is 27.4. The van der Waals surface area contributed by atoms with Crippen LogP contribution in [0.1, 0.15) is 49.7 Å². The van der Waals surface area contributed by atoms with Gasteiger partial charge >= 0.3 is 33.6 Å². The first kappa shape index (κ1) is 42.8. The maximum atomic E-state index is 13.1. The number of rotatable bonds is 24. The second kappa shape index (κ2) is 18.8. The number of carboxylic acids is 2. The Bertz CT molecular complexity index is 1490. The number of esters is 1. The number of phosphoric acid groups is 2. The van der Waals surface area contributed by atoms with Gasteiger partial charge in [0.2, 0.25) is 11.1 Å². The van der Waals surface area contributed by atoms with Crippen molar-refractivity contribution in [1.29, 1.82) is 0 Å². The van der Waals surface area contributed by atoms with Crippen LogP contribution in [0.2, 0.25) is 0 Å². The van der Waals surface area contributed by atoms with Gasteiger partial charge in [-0.2, -0.15) is 23.5 Å². The molecule has 2 aromatic heterocycles. The van der Waals surface area contributed by atoms with Crippen LogP contribution in [0.3, 0.4) is 0 Å². The molecule has 2 heterocycles. The molecule has 0 bridgehead atoms. The van der Waals surface area contributed by atoms with E-state index in [9.17, 15) is 33.7 Å². The fraction of sp³-hybridized carbons (Fsp3) is 0.640. The molecule has 0 aliphatic carbocycles. The zero-order valence-corrected chi connectivity index (χ0v) is 30.8. The van der Waals surface area contributed by atoms with Gasteiger partial charge < -0.3 is 35.5 Å². The van der Waals surface area contributed by atoms with Crippen LogP contribution in [0.4, 0.5) is 0 Å². The first-order chi connectivity index (χ1) is 23.0. The number of nitrogens with zero attached hydrogens (tertiary/aromatic N) is 2. The van der Waals surface area contributed by atoms with Crippen LogP contribution in [0.15, 0.2) is 21.2 Å². The van der Waals surface area contributed by atoms with Gasteiger partial charge in [-0.3, -0.25) is 27.1 Å². The fourth-order valence-electron chi connectivity index (χ4n) is 3.95. The summed E-state index contributed by atoms with van der Waals surface area (Å²) in [5, 5.41) is 27.4. The molecular weight excluding hydrogens is 738 g/mol. The molecule has 4 unspecified atom stereocenters. The number of hydrogen-bond acceptors (Lipinski definition) is 20. The first-order valence-corrected chi connectivity index (χ1v) is 20.1. The van der Waals surface area contributed by atoms with Gasteiger partial charge in [-0.1, -0.05) is 5.16 Å². The van der Waals surface area contributed by atoms with E-state index in [2.05, 4.69) is 10.3 Å².